The molecule has 5 heteroatoms. The van der Waals surface area contributed by atoms with Crippen LogP contribution in [0.5, 0.6) is 17.2 Å². The van der Waals surface area contributed by atoms with Gasteiger partial charge in [0, 0.05) is 23.1 Å². The molecule has 2 aliphatic carbocycles. The number of aromatic amines is 1. The lowest BCUT2D eigenvalue weighted by atomic mass is 9.95. The minimum absolute atomic E-state index is 0.272. The fraction of sp³-hybridized carbons (Fsp3) is 0.233. The van der Waals surface area contributed by atoms with Gasteiger partial charge in [-0.2, -0.15) is 5.10 Å². The summed E-state index contributed by atoms with van der Waals surface area (Å²) in [5.41, 5.74) is 8.84. The maximum atomic E-state index is 9.55. The zero-order valence-electron chi connectivity index (χ0n) is 19.8. The quantitative estimate of drug-likeness (QED) is 0.272. The van der Waals surface area contributed by atoms with Crippen molar-refractivity contribution in [2.45, 2.75) is 25.7 Å². The standard InChI is InChI=1S/C30H28N2O3/c1-34-27-17-25-23(16-28(27)35-18-19-5-3-2-4-6-19)15-26-29(31-32-30(25)26)22-9-7-20(8-10-22)21-11-13-24(33)14-12-21/h2-3,7-14,16-17,19,33H,4-6,15,18H2,1H3,(H,31,32)/t19-/m0/s1. The highest BCUT2D eigenvalue weighted by Gasteiger charge is 2.27. The molecule has 0 fully saturated rings. The fourth-order valence-electron chi connectivity index (χ4n) is 5.13. The second-order valence-corrected chi connectivity index (χ2v) is 9.35. The fourth-order valence-corrected chi connectivity index (χ4v) is 5.13. The molecule has 4 aromatic rings. The number of ether oxygens (including phenoxy) is 2. The van der Waals surface area contributed by atoms with E-state index in [0.717, 1.165) is 64.4 Å². The number of methoxy groups -OCH3 is 1. The average molecular weight is 465 g/mol. The van der Waals surface area contributed by atoms with Gasteiger partial charge in [0.05, 0.1) is 25.1 Å². The van der Waals surface area contributed by atoms with E-state index in [2.05, 4.69) is 58.7 Å². The molecule has 0 amide bonds. The number of hydrogen-bond acceptors (Lipinski definition) is 4. The second-order valence-electron chi connectivity index (χ2n) is 9.35. The third-order valence-electron chi connectivity index (χ3n) is 7.10. The van der Waals surface area contributed by atoms with E-state index in [4.69, 9.17) is 9.47 Å². The number of allylic oxidation sites excluding steroid dienone is 2. The van der Waals surface area contributed by atoms with Crippen molar-refractivity contribution in [3.8, 4) is 50.9 Å². The number of nitrogens with one attached hydrogen (secondary N) is 1. The van der Waals surface area contributed by atoms with Crippen LogP contribution in [0.4, 0.5) is 0 Å². The van der Waals surface area contributed by atoms with Crippen molar-refractivity contribution >= 4 is 0 Å². The first-order valence-electron chi connectivity index (χ1n) is 12.2. The van der Waals surface area contributed by atoms with Crippen LogP contribution >= 0.6 is 0 Å². The van der Waals surface area contributed by atoms with Crippen LogP contribution in [-0.2, 0) is 6.42 Å². The number of phenolic OH excluding ortho intramolecular Hbond substituents is 1. The van der Waals surface area contributed by atoms with Crippen molar-refractivity contribution in [3.05, 3.63) is 83.9 Å². The van der Waals surface area contributed by atoms with Gasteiger partial charge in [-0.25, -0.2) is 0 Å². The van der Waals surface area contributed by atoms with Gasteiger partial charge >= 0.3 is 0 Å². The summed E-state index contributed by atoms with van der Waals surface area (Å²) < 4.78 is 11.9. The van der Waals surface area contributed by atoms with Crippen molar-refractivity contribution in [2.75, 3.05) is 13.7 Å². The summed E-state index contributed by atoms with van der Waals surface area (Å²) in [6.07, 6.45) is 8.72. The predicted octanol–water partition coefficient (Wildman–Crippen LogP) is 6.76. The molecule has 1 aromatic heterocycles. The molecule has 0 saturated heterocycles. The summed E-state index contributed by atoms with van der Waals surface area (Å²) >= 11 is 0. The smallest absolute Gasteiger partial charge is 0.161 e. The van der Waals surface area contributed by atoms with E-state index in [-0.39, 0.29) is 5.75 Å². The zero-order valence-corrected chi connectivity index (χ0v) is 19.8. The van der Waals surface area contributed by atoms with E-state index in [1.54, 1.807) is 19.2 Å². The Morgan fingerprint density at radius 1 is 0.943 bits per heavy atom. The van der Waals surface area contributed by atoms with Gasteiger partial charge in [0.2, 0.25) is 0 Å². The number of H-pyrrole nitrogens is 1. The third kappa shape index (κ3) is 4.08. The molecule has 0 unspecified atom stereocenters. The molecule has 1 heterocycles. The lowest BCUT2D eigenvalue weighted by molar-refractivity contribution is 0.229. The molecular formula is C30H28N2O3. The zero-order chi connectivity index (χ0) is 23.8. The number of aromatic hydroxyl groups is 1. The largest absolute Gasteiger partial charge is 0.508 e. The Morgan fingerprint density at radius 2 is 1.69 bits per heavy atom. The Bertz CT molecular complexity index is 1380. The van der Waals surface area contributed by atoms with Gasteiger partial charge in [-0.3, -0.25) is 5.10 Å². The molecule has 0 bridgehead atoms. The first kappa shape index (κ1) is 21.5. The normalized spacial score (nSPS) is 16.1. The van der Waals surface area contributed by atoms with E-state index in [1.165, 1.54) is 17.5 Å². The van der Waals surface area contributed by atoms with Crippen LogP contribution in [0, 0.1) is 5.92 Å². The molecule has 3 aromatic carbocycles. The van der Waals surface area contributed by atoms with E-state index in [1.807, 2.05) is 12.1 Å². The summed E-state index contributed by atoms with van der Waals surface area (Å²) in [5.74, 6) is 2.41. The van der Waals surface area contributed by atoms with Gasteiger partial charge in [-0.05, 0) is 66.1 Å². The molecule has 2 N–H and O–H groups in total. The Balaban J connectivity index is 1.25. The van der Waals surface area contributed by atoms with Crippen LogP contribution in [0.3, 0.4) is 0 Å². The molecule has 0 aliphatic heterocycles. The molecule has 35 heavy (non-hydrogen) atoms. The number of fused-ring (bicyclic) bond motifs is 3. The van der Waals surface area contributed by atoms with Crippen LogP contribution in [-0.4, -0.2) is 29.0 Å². The second kappa shape index (κ2) is 8.99. The lowest BCUT2D eigenvalue weighted by Crippen LogP contribution is -2.13. The predicted molar refractivity (Wildman–Crippen MR) is 138 cm³/mol. The van der Waals surface area contributed by atoms with Gasteiger partial charge in [-0.1, -0.05) is 48.6 Å². The SMILES string of the molecule is COc1cc2c(cc1OC[C@H]1CC=CCC1)Cc1c(-c3ccc(-c4ccc(O)cc4)cc3)n[nH]c1-2. The molecule has 2 aliphatic rings. The van der Waals surface area contributed by atoms with Crippen molar-refractivity contribution in [1.82, 2.24) is 10.2 Å². The number of nitrogens with zero attached hydrogens (tertiary/aromatic N) is 1. The number of benzene rings is 3. The van der Waals surface area contributed by atoms with Gasteiger partial charge in [-0.15, -0.1) is 0 Å². The molecule has 0 radical (unpaired) electrons. The summed E-state index contributed by atoms with van der Waals surface area (Å²) in [5, 5.41) is 17.5. The summed E-state index contributed by atoms with van der Waals surface area (Å²) in [4.78, 5) is 0. The van der Waals surface area contributed by atoms with E-state index < -0.39 is 0 Å². The van der Waals surface area contributed by atoms with Crippen LogP contribution in [0.1, 0.15) is 30.4 Å². The van der Waals surface area contributed by atoms with Gasteiger partial charge in [0.15, 0.2) is 11.5 Å². The summed E-state index contributed by atoms with van der Waals surface area (Å²) in [7, 11) is 1.70. The average Bonchev–Trinajstić information content (AvgIpc) is 3.47. The highest BCUT2D eigenvalue weighted by atomic mass is 16.5. The van der Waals surface area contributed by atoms with E-state index in [9.17, 15) is 5.11 Å². The third-order valence-corrected chi connectivity index (χ3v) is 7.10. The summed E-state index contributed by atoms with van der Waals surface area (Å²) in [6.45, 7) is 0.713. The van der Waals surface area contributed by atoms with Gasteiger partial charge < -0.3 is 14.6 Å². The molecule has 5 nitrogen and oxygen atoms in total. The Labute approximate surface area is 205 Å². The first-order chi connectivity index (χ1) is 17.2. The van der Waals surface area contributed by atoms with Crippen molar-refractivity contribution in [3.63, 3.8) is 0 Å². The number of aromatic nitrogens is 2. The maximum absolute atomic E-state index is 9.55. The molecular weight excluding hydrogens is 436 g/mol. The van der Waals surface area contributed by atoms with Crippen LogP contribution in [0.2, 0.25) is 0 Å². The van der Waals surface area contributed by atoms with Crippen LogP contribution in [0.25, 0.3) is 33.6 Å². The monoisotopic (exact) mass is 464 g/mol. The highest BCUT2D eigenvalue weighted by Crippen LogP contribution is 2.45. The lowest BCUT2D eigenvalue weighted by Gasteiger charge is -2.20. The van der Waals surface area contributed by atoms with E-state index in [0.29, 0.717) is 12.5 Å². The maximum Gasteiger partial charge on any atom is 0.161 e. The Kier molecular flexibility index (Phi) is 5.53. The van der Waals surface area contributed by atoms with Gasteiger partial charge in [0.25, 0.3) is 0 Å². The molecule has 0 saturated carbocycles. The van der Waals surface area contributed by atoms with Crippen LogP contribution in [0.15, 0.2) is 72.8 Å². The number of phenols is 1. The Hall–Kier alpha value is -3.99. The van der Waals surface area contributed by atoms with Crippen molar-refractivity contribution in [1.29, 1.82) is 0 Å². The minimum atomic E-state index is 0.272. The molecule has 0 spiro atoms. The van der Waals surface area contributed by atoms with E-state index >= 15 is 0 Å². The first-order valence-corrected chi connectivity index (χ1v) is 12.2. The minimum Gasteiger partial charge on any atom is -0.508 e. The number of hydrogen-bond donors (Lipinski definition) is 2. The summed E-state index contributed by atoms with van der Waals surface area (Å²) in [6, 6.07) is 19.9. The molecule has 6 rings (SSSR count). The number of rotatable bonds is 6. The molecule has 1 atom stereocenters. The Morgan fingerprint density at radius 3 is 2.40 bits per heavy atom. The molecule has 176 valence electrons. The van der Waals surface area contributed by atoms with Crippen molar-refractivity contribution in [2.24, 2.45) is 5.92 Å². The van der Waals surface area contributed by atoms with Crippen molar-refractivity contribution < 1.29 is 14.6 Å². The van der Waals surface area contributed by atoms with Crippen LogP contribution < -0.4 is 9.47 Å². The van der Waals surface area contributed by atoms with Gasteiger partial charge in [0.1, 0.15) is 5.75 Å². The topological polar surface area (TPSA) is 67.4 Å². The highest BCUT2D eigenvalue weighted by molar-refractivity contribution is 5.83.